The summed E-state index contributed by atoms with van der Waals surface area (Å²) in [5, 5.41) is 4.51. The molecule has 1 N–H and O–H groups in total. The normalized spacial score (nSPS) is 15.4. The molecule has 1 aliphatic heterocycles. The van der Waals surface area contributed by atoms with Gasteiger partial charge in [-0.05, 0) is 67.6 Å². The second-order valence-electron chi connectivity index (χ2n) is 7.19. The van der Waals surface area contributed by atoms with Gasteiger partial charge >= 0.3 is 5.97 Å². The maximum absolute atomic E-state index is 11.4. The van der Waals surface area contributed by atoms with E-state index in [-0.39, 0.29) is 12.0 Å². The van der Waals surface area contributed by atoms with Gasteiger partial charge in [0.15, 0.2) is 0 Å². The molecule has 4 nitrogen and oxygen atoms in total. The van der Waals surface area contributed by atoms with E-state index >= 15 is 0 Å². The van der Waals surface area contributed by atoms with E-state index in [0.717, 1.165) is 42.9 Å². The zero-order valence-electron chi connectivity index (χ0n) is 17.1. The Morgan fingerprint density at radius 3 is 2.76 bits per heavy atom. The molecule has 2 aromatic carbocycles. The van der Waals surface area contributed by atoms with Gasteiger partial charge in [-0.15, -0.1) is 0 Å². The largest absolute Gasteiger partial charge is 0.466 e. The summed E-state index contributed by atoms with van der Waals surface area (Å²) < 4.78 is 7.17. The Morgan fingerprint density at radius 2 is 1.93 bits per heavy atom. The van der Waals surface area contributed by atoms with E-state index in [1.54, 1.807) is 11.9 Å². The Bertz CT molecular complexity index is 830. The highest BCUT2D eigenvalue weighted by Gasteiger charge is 2.26. The van der Waals surface area contributed by atoms with Gasteiger partial charge in [-0.2, -0.15) is 0 Å². The van der Waals surface area contributed by atoms with Crippen LogP contribution in [0.5, 0.6) is 0 Å². The number of hydrogen-bond acceptors (Lipinski definition) is 5. The maximum atomic E-state index is 11.4. The third kappa shape index (κ3) is 5.91. The van der Waals surface area contributed by atoms with Crippen molar-refractivity contribution in [1.29, 1.82) is 0 Å². The number of nitrogens with one attached hydrogen (secondary N) is 1. The van der Waals surface area contributed by atoms with Gasteiger partial charge in [-0.1, -0.05) is 48.7 Å². The van der Waals surface area contributed by atoms with E-state index < -0.39 is 0 Å². The van der Waals surface area contributed by atoms with Crippen LogP contribution >= 0.6 is 23.5 Å². The summed E-state index contributed by atoms with van der Waals surface area (Å²) in [6.45, 7) is 3.23. The summed E-state index contributed by atoms with van der Waals surface area (Å²) in [5.41, 5.74) is 3.69. The highest BCUT2D eigenvalue weighted by molar-refractivity contribution is 8.00. The second-order valence-corrected chi connectivity index (χ2v) is 8.79. The molecule has 0 radical (unpaired) electrons. The van der Waals surface area contributed by atoms with Gasteiger partial charge in [-0.25, -0.2) is 0 Å². The molecule has 6 heteroatoms. The number of ether oxygens (including phenoxy) is 1. The first kappa shape index (κ1) is 22.0. The number of carbonyl (C=O) groups is 1. The lowest BCUT2D eigenvalue weighted by atomic mass is 9.96. The number of rotatable bonds is 9. The molecule has 0 aliphatic carbocycles. The number of halogens is 1. The molecule has 1 atom stereocenters. The fourth-order valence-electron chi connectivity index (χ4n) is 3.65. The first-order valence-electron chi connectivity index (χ1n) is 10.3. The first-order chi connectivity index (χ1) is 14.1. The van der Waals surface area contributed by atoms with E-state index in [4.69, 9.17) is 16.3 Å². The SMILES string of the molecule is CCOC(=O)CCCCCCNC1c2ccccc2SN(C)c2cc(Cl)ccc21. The van der Waals surface area contributed by atoms with Crippen LogP contribution in [0, 0.1) is 0 Å². The lowest BCUT2D eigenvalue weighted by Crippen LogP contribution is -2.24. The van der Waals surface area contributed by atoms with Gasteiger partial charge in [0, 0.05) is 23.4 Å². The predicted octanol–water partition coefficient (Wildman–Crippen LogP) is 5.99. The molecule has 156 valence electrons. The second kappa shape index (κ2) is 10.9. The van der Waals surface area contributed by atoms with Crippen molar-refractivity contribution in [3.63, 3.8) is 0 Å². The zero-order chi connectivity index (χ0) is 20.6. The lowest BCUT2D eigenvalue weighted by Gasteiger charge is -2.22. The number of anilines is 1. The van der Waals surface area contributed by atoms with Crippen LogP contribution in [-0.2, 0) is 9.53 Å². The van der Waals surface area contributed by atoms with E-state index in [1.807, 2.05) is 19.1 Å². The summed E-state index contributed by atoms with van der Waals surface area (Å²) in [4.78, 5) is 12.7. The summed E-state index contributed by atoms with van der Waals surface area (Å²) in [6.07, 6.45) is 4.64. The molecule has 1 aliphatic rings. The number of benzene rings is 2. The Balaban J connectivity index is 1.61. The zero-order valence-corrected chi connectivity index (χ0v) is 18.7. The van der Waals surface area contributed by atoms with E-state index in [9.17, 15) is 4.79 Å². The van der Waals surface area contributed by atoms with Crippen molar-refractivity contribution >= 4 is 35.2 Å². The third-order valence-corrected chi connectivity index (χ3v) is 6.34. The van der Waals surface area contributed by atoms with E-state index in [2.05, 4.69) is 47.0 Å². The molecule has 0 saturated carbocycles. The van der Waals surface area contributed by atoms with Crippen molar-refractivity contribution in [1.82, 2.24) is 5.32 Å². The smallest absolute Gasteiger partial charge is 0.305 e. The number of hydrogen-bond donors (Lipinski definition) is 1. The van der Waals surface area contributed by atoms with Crippen molar-refractivity contribution in [2.24, 2.45) is 0 Å². The molecule has 3 rings (SSSR count). The third-order valence-electron chi connectivity index (χ3n) is 5.07. The summed E-state index contributed by atoms with van der Waals surface area (Å²) in [7, 11) is 2.09. The van der Waals surface area contributed by atoms with Gasteiger partial charge in [0.1, 0.15) is 0 Å². The number of carbonyl (C=O) groups excluding carboxylic acids is 1. The van der Waals surface area contributed by atoms with Crippen LogP contribution in [0.15, 0.2) is 47.4 Å². The predicted molar refractivity (Wildman–Crippen MR) is 122 cm³/mol. The number of unbranched alkanes of at least 4 members (excludes halogenated alkanes) is 3. The fraction of sp³-hybridized carbons (Fsp3) is 0.435. The van der Waals surface area contributed by atoms with Gasteiger partial charge in [0.25, 0.3) is 0 Å². The van der Waals surface area contributed by atoms with Gasteiger partial charge in [0.2, 0.25) is 0 Å². The van der Waals surface area contributed by atoms with Crippen molar-refractivity contribution in [2.75, 3.05) is 24.5 Å². The van der Waals surface area contributed by atoms with E-state index in [0.29, 0.717) is 13.0 Å². The van der Waals surface area contributed by atoms with Crippen LogP contribution in [0.2, 0.25) is 5.02 Å². The Labute approximate surface area is 183 Å². The number of fused-ring (bicyclic) bond motifs is 2. The molecule has 29 heavy (non-hydrogen) atoms. The molecule has 0 amide bonds. The Hall–Kier alpha value is -1.69. The summed E-state index contributed by atoms with van der Waals surface area (Å²) in [5.74, 6) is -0.0856. The summed E-state index contributed by atoms with van der Waals surface area (Å²) >= 11 is 8.02. The minimum atomic E-state index is -0.0856. The van der Waals surface area contributed by atoms with Crippen molar-refractivity contribution in [3.8, 4) is 0 Å². The Kier molecular flexibility index (Phi) is 8.28. The maximum Gasteiger partial charge on any atom is 0.305 e. The van der Waals surface area contributed by atoms with Gasteiger partial charge < -0.3 is 14.4 Å². The monoisotopic (exact) mass is 432 g/mol. The highest BCUT2D eigenvalue weighted by Crippen LogP contribution is 2.43. The molecule has 1 heterocycles. The van der Waals surface area contributed by atoms with Crippen LogP contribution in [0.1, 0.15) is 56.2 Å². The average molecular weight is 433 g/mol. The van der Waals surface area contributed by atoms with Crippen LogP contribution in [-0.4, -0.2) is 26.2 Å². The average Bonchev–Trinajstić information content (AvgIpc) is 2.82. The first-order valence-corrected chi connectivity index (χ1v) is 11.4. The fourth-order valence-corrected chi connectivity index (χ4v) is 4.80. The molecular weight excluding hydrogens is 404 g/mol. The quantitative estimate of drug-likeness (QED) is 0.299. The van der Waals surface area contributed by atoms with Crippen LogP contribution in [0.4, 0.5) is 5.69 Å². The van der Waals surface area contributed by atoms with Crippen LogP contribution in [0.3, 0.4) is 0 Å². The number of nitrogens with zero attached hydrogens (tertiary/aromatic N) is 1. The van der Waals surface area contributed by atoms with Gasteiger partial charge in [-0.3, -0.25) is 4.79 Å². The van der Waals surface area contributed by atoms with Crippen LogP contribution < -0.4 is 9.62 Å². The van der Waals surface area contributed by atoms with Crippen molar-refractivity contribution < 1.29 is 9.53 Å². The molecule has 1 unspecified atom stereocenters. The molecule has 0 aromatic heterocycles. The van der Waals surface area contributed by atoms with E-state index in [1.165, 1.54) is 16.0 Å². The molecular formula is C23H29ClN2O2S. The molecule has 0 bridgehead atoms. The molecule has 0 fully saturated rings. The lowest BCUT2D eigenvalue weighted by molar-refractivity contribution is -0.143. The standard InChI is InChI=1S/C23H29ClN2O2S/c1-3-28-22(27)12-6-4-5-9-15-25-23-18-14-13-17(24)16-20(18)26(2)29-21-11-8-7-10-19(21)23/h7-8,10-11,13-14,16,23,25H,3-6,9,12,15H2,1-2H3. The minimum Gasteiger partial charge on any atom is -0.466 e. The summed E-state index contributed by atoms with van der Waals surface area (Å²) in [6, 6.07) is 14.8. The molecule has 2 aromatic rings. The van der Waals surface area contributed by atoms with Gasteiger partial charge in [0.05, 0.1) is 18.3 Å². The minimum absolute atomic E-state index is 0.0856. The topological polar surface area (TPSA) is 41.6 Å². The highest BCUT2D eigenvalue weighted by atomic mass is 35.5. The van der Waals surface area contributed by atoms with Crippen LogP contribution in [0.25, 0.3) is 0 Å². The molecule has 0 spiro atoms. The molecule has 0 saturated heterocycles. The van der Waals surface area contributed by atoms with Crippen molar-refractivity contribution in [3.05, 3.63) is 58.6 Å². The number of esters is 1. The van der Waals surface area contributed by atoms with Crippen molar-refractivity contribution in [2.45, 2.75) is 50.0 Å². The Morgan fingerprint density at radius 1 is 1.14 bits per heavy atom.